The molecule has 1 aromatic heterocycles. The van der Waals surface area contributed by atoms with Crippen molar-refractivity contribution < 1.29 is 13.9 Å². The fourth-order valence-corrected chi connectivity index (χ4v) is 3.18. The highest BCUT2D eigenvalue weighted by Crippen LogP contribution is 2.26. The van der Waals surface area contributed by atoms with Crippen LogP contribution in [0.1, 0.15) is 13.8 Å². The van der Waals surface area contributed by atoms with E-state index in [4.69, 9.17) is 10.6 Å². The Kier molecular flexibility index (Phi) is 6.15. The fourth-order valence-electron chi connectivity index (χ4n) is 2.41. The number of carbonyl (C=O) groups is 1. The van der Waals surface area contributed by atoms with Gasteiger partial charge in [-0.15, -0.1) is 10.2 Å². The Hall–Kier alpha value is -3.07. The van der Waals surface area contributed by atoms with E-state index in [-0.39, 0.29) is 11.7 Å². The predicted octanol–water partition coefficient (Wildman–Crippen LogP) is 3.32. The standard InChI is InChI=1S/C19H20FN5O2S/c1-3-27-16-10-4-13(5-11-16)17-23-24-19(25(17)21)28-12(2)18(26)22-15-8-6-14(20)7-9-15/h4-12H,3,21H2,1-2H3,(H,22,26)/t12-/m0/s1. The van der Waals surface area contributed by atoms with Crippen molar-refractivity contribution in [3.8, 4) is 17.1 Å². The van der Waals surface area contributed by atoms with E-state index in [1.807, 2.05) is 31.2 Å². The topological polar surface area (TPSA) is 95.1 Å². The maximum Gasteiger partial charge on any atom is 0.237 e. The van der Waals surface area contributed by atoms with E-state index in [0.717, 1.165) is 11.3 Å². The monoisotopic (exact) mass is 401 g/mol. The van der Waals surface area contributed by atoms with E-state index < -0.39 is 5.25 Å². The van der Waals surface area contributed by atoms with E-state index in [0.29, 0.717) is 23.3 Å². The average molecular weight is 401 g/mol. The van der Waals surface area contributed by atoms with E-state index >= 15 is 0 Å². The summed E-state index contributed by atoms with van der Waals surface area (Å²) in [6.07, 6.45) is 0. The lowest BCUT2D eigenvalue weighted by atomic mass is 10.2. The van der Waals surface area contributed by atoms with Crippen LogP contribution in [0.15, 0.2) is 53.7 Å². The van der Waals surface area contributed by atoms with Gasteiger partial charge >= 0.3 is 0 Å². The molecule has 3 rings (SSSR count). The van der Waals surface area contributed by atoms with Crippen molar-refractivity contribution >= 4 is 23.4 Å². The smallest absolute Gasteiger partial charge is 0.237 e. The molecule has 1 heterocycles. The van der Waals surface area contributed by atoms with Crippen LogP contribution in [0.2, 0.25) is 0 Å². The van der Waals surface area contributed by atoms with Gasteiger partial charge in [0.15, 0.2) is 5.82 Å². The Labute approximate surface area is 166 Å². The number of thioether (sulfide) groups is 1. The number of amides is 1. The van der Waals surface area contributed by atoms with Crippen molar-refractivity contribution in [1.29, 1.82) is 0 Å². The fraction of sp³-hybridized carbons (Fsp3) is 0.211. The summed E-state index contributed by atoms with van der Waals surface area (Å²) >= 11 is 1.18. The summed E-state index contributed by atoms with van der Waals surface area (Å²) in [5.74, 6) is 6.75. The van der Waals surface area contributed by atoms with Gasteiger partial charge in [0, 0.05) is 11.3 Å². The molecule has 0 bridgehead atoms. The van der Waals surface area contributed by atoms with Crippen LogP contribution in [0.3, 0.4) is 0 Å². The maximum absolute atomic E-state index is 13.0. The quantitative estimate of drug-likeness (QED) is 0.466. The van der Waals surface area contributed by atoms with Gasteiger partial charge in [-0.1, -0.05) is 11.8 Å². The van der Waals surface area contributed by atoms with Crippen LogP contribution >= 0.6 is 11.8 Å². The highest BCUT2D eigenvalue weighted by Gasteiger charge is 2.20. The Morgan fingerprint density at radius 1 is 1.21 bits per heavy atom. The molecule has 146 valence electrons. The van der Waals surface area contributed by atoms with Crippen LogP contribution in [0.25, 0.3) is 11.4 Å². The largest absolute Gasteiger partial charge is 0.494 e. The van der Waals surface area contributed by atoms with Crippen LogP contribution < -0.4 is 15.9 Å². The molecule has 3 N–H and O–H groups in total. The van der Waals surface area contributed by atoms with Crippen LogP contribution in [-0.4, -0.2) is 32.6 Å². The zero-order valence-corrected chi connectivity index (χ0v) is 16.2. The number of carbonyl (C=O) groups excluding carboxylic acids is 1. The first-order valence-electron chi connectivity index (χ1n) is 8.64. The van der Waals surface area contributed by atoms with Crippen molar-refractivity contribution in [2.24, 2.45) is 0 Å². The summed E-state index contributed by atoms with van der Waals surface area (Å²) < 4.78 is 19.7. The summed E-state index contributed by atoms with van der Waals surface area (Å²) in [6, 6.07) is 12.9. The van der Waals surface area contributed by atoms with Crippen LogP contribution in [0.5, 0.6) is 5.75 Å². The number of nitrogens with zero attached hydrogens (tertiary/aromatic N) is 3. The number of benzene rings is 2. The van der Waals surface area contributed by atoms with Gasteiger partial charge in [-0.25, -0.2) is 9.07 Å². The number of hydrogen-bond donors (Lipinski definition) is 2. The molecule has 0 aliphatic carbocycles. The van der Waals surface area contributed by atoms with Gasteiger partial charge in [0.2, 0.25) is 11.1 Å². The normalized spacial score (nSPS) is 11.8. The summed E-state index contributed by atoms with van der Waals surface area (Å²) in [5.41, 5.74) is 1.30. The average Bonchev–Trinajstić information content (AvgIpc) is 3.05. The zero-order valence-electron chi connectivity index (χ0n) is 15.4. The Morgan fingerprint density at radius 3 is 2.54 bits per heavy atom. The van der Waals surface area contributed by atoms with E-state index in [2.05, 4.69) is 15.5 Å². The maximum atomic E-state index is 13.0. The number of ether oxygens (including phenoxy) is 1. The van der Waals surface area contributed by atoms with Crippen LogP contribution in [0, 0.1) is 5.82 Å². The minimum absolute atomic E-state index is 0.248. The molecule has 1 atom stereocenters. The Balaban J connectivity index is 1.67. The second-order valence-electron chi connectivity index (χ2n) is 5.89. The molecule has 3 aromatic rings. The van der Waals surface area contributed by atoms with E-state index in [1.54, 1.807) is 6.92 Å². The second kappa shape index (κ2) is 8.75. The number of anilines is 1. The summed E-state index contributed by atoms with van der Waals surface area (Å²) in [7, 11) is 0. The SMILES string of the molecule is CCOc1ccc(-c2nnc(S[C@@H](C)C(=O)Nc3ccc(F)cc3)n2N)cc1. The van der Waals surface area contributed by atoms with Crippen molar-refractivity contribution in [2.45, 2.75) is 24.3 Å². The van der Waals surface area contributed by atoms with Gasteiger partial charge in [-0.3, -0.25) is 4.79 Å². The minimum Gasteiger partial charge on any atom is -0.494 e. The van der Waals surface area contributed by atoms with Crippen molar-refractivity contribution in [2.75, 3.05) is 17.8 Å². The number of nitrogens with one attached hydrogen (secondary N) is 1. The van der Waals surface area contributed by atoms with Crippen molar-refractivity contribution in [3.05, 3.63) is 54.3 Å². The molecule has 7 nitrogen and oxygen atoms in total. The van der Waals surface area contributed by atoms with Crippen molar-refractivity contribution in [3.63, 3.8) is 0 Å². The first-order valence-corrected chi connectivity index (χ1v) is 9.52. The second-order valence-corrected chi connectivity index (χ2v) is 7.20. The number of nitrogens with two attached hydrogens (primary N) is 1. The highest BCUT2D eigenvalue weighted by molar-refractivity contribution is 8.00. The van der Waals surface area contributed by atoms with E-state index in [1.165, 1.54) is 40.7 Å². The van der Waals surface area contributed by atoms with Gasteiger partial charge in [0.1, 0.15) is 11.6 Å². The summed E-state index contributed by atoms with van der Waals surface area (Å²) in [6.45, 7) is 4.24. The predicted molar refractivity (Wildman–Crippen MR) is 107 cm³/mol. The molecule has 0 fully saturated rings. The molecule has 0 saturated heterocycles. The molecule has 0 unspecified atom stereocenters. The lowest BCUT2D eigenvalue weighted by Gasteiger charge is -2.11. The third kappa shape index (κ3) is 4.61. The highest BCUT2D eigenvalue weighted by atomic mass is 32.2. The number of halogens is 1. The Bertz CT molecular complexity index is 944. The molecule has 28 heavy (non-hydrogen) atoms. The number of nitrogen functional groups attached to an aromatic ring is 1. The molecule has 1 amide bonds. The summed E-state index contributed by atoms with van der Waals surface area (Å²) in [5, 5.41) is 10.9. The van der Waals surface area contributed by atoms with E-state index in [9.17, 15) is 9.18 Å². The third-order valence-electron chi connectivity index (χ3n) is 3.85. The molecule has 0 saturated carbocycles. The number of hydrogen-bond acceptors (Lipinski definition) is 6. The molecule has 0 aliphatic heterocycles. The lowest BCUT2D eigenvalue weighted by molar-refractivity contribution is -0.115. The summed E-state index contributed by atoms with van der Waals surface area (Å²) in [4.78, 5) is 12.4. The van der Waals surface area contributed by atoms with Crippen LogP contribution in [0.4, 0.5) is 10.1 Å². The third-order valence-corrected chi connectivity index (χ3v) is 4.91. The number of rotatable bonds is 7. The number of aromatic nitrogens is 3. The molecular weight excluding hydrogens is 381 g/mol. The molecule has 2 aromatic carbocycles. The molecule has 0 aliphatic rings. The minimum atomic E-state index is -0.482. The first kappa shape index (κ1) is 19.7. The zero-order chi connectivity index (χ0) is 20.1. The Morgan fingerprint density at radius 2 is 1.89 bits per heavy atom. The molecule has 0 radical (unpaired) electrons. The molecule has 0 spiro atoms. The van der Waals surface area contributed by atoms with Gasteiger partial charge in [-0.2, -0.15) is 0 Å². The van der Waals surface area contributed by atoms with Crippen LogP contribution in [-0.2, 0) is 4.79 Å². The lowest BCUT2D eigenvalue weighted by Crippen LogP contribution is -2.23. The van der Waals surface area contributed by atoms with Crippen molar-refractivity contribution in [1.82, 2.24) is 14.9 Å². The molecule has 9 heteroatoms. The first-order chi connectivity index (χ1) is 13.5. The molecular formula is C19H20FN5O2S. The van der Waals surface area contributed by atoms with Gasteiger partial charge in [0.05, 0.1) is 11.9 Å². The van der Waals surface area contributed by atoms with Gasteiger partial charge < -0.3 is 15.9 Å². The van der Waals surface area contributed by atoms with Gasteiger partial charge in [0.25, 0.3) is 0 Å². The van der Waals surface area contributed by atoms with Gasteiger partial charge in [-0.05, 0) is 62.4 Å².